The average molecular weight is 355 g/mol. The molecule has 1 fully saturated rings. The van der Waals surface area contributed by atoms with E-state index >= 15 is 0 Å². The van der Waals surface area contributed by atoms with Crippen molar-refractivity contribution in [1.29, 1.82) is 0 Å². The van der Waals surface area contributed by atoms with Gasteiger partial charge in [-0.3, -0.25) is 14.3 Å². The molecule has 0 saturated carbocycles. The predicted molar refractivity (Wildman–Crippen MR) is 101 cm³/mol. The number of nitrogens with one attached hydrogen (secondary N) is 3. The maximum Gasteiger partial charge on any atom is 0.229 e. The summed E-state index contributed by atoms with van der Waals surface area (Å²) in [4.78, 5) is 24.6. The molecule has 3 rings (SSSR count). The van der Waals surface area contributed by atoms with Crippen LogP contribution in [0.25, 0.3) is 0 Å². The molecule has 2 amide bonds. The van der Waals surface area contributed by atoms with Gasteiger partial charge >= 0.3 is 0 Å². The third kappa shape index (κ3) is 4.11. The quantitative estimate of drug-likeness (QED) is 0.765. The highest BCUT2D eigenvalue weighted by atomic mass is 16.2. The zero-order valence-electron chi connectivity index (χ0n) is 15.3. The molecular formula is C19H25N5O2. The molecule has 0 spiro atoms. The van der Waals surface area contributed by atoms with Crippen LogP contribution >= 0.6 is 0 Å². The Balaban J connectivity index is 1.68. The SMILES string of the molecule is CC(C)C(=O)Nc1cccc(NC(=O)[C@H]2CNC[C@@H]2c2cnn(C)c2)c1. The molecule has 1 aliphatic rings. The van der Waals surface area contributed by atoms with Gasteiger partial charge in [0.1, 0.15) is 0 Å². The number of hydrogen-bond donors (Lipinski definition) is 3. The van der Waals surface area contributed by atoms with Crippen LogP contribution in [0.4, 0.5) is 11.4 Å². The number of carbonyl (C=O) groups is 2. The van der Waals surface area contributed by atoms with E-state index in [1.54, 1.807) is 10.7 Å². The molecule has 2 heterocycles. The van der Waals surface area contributed by atoms with Crippen LogP contribution in [0.5, 0.6) is 0 Å². The van der Waals surface area contributed by atoms with Gasteiger partial charge in [-0.25, -0.2) is 0 Å². The molecule has 0 aliphatic carbocycles. The van der Waals surface area contributed by atoms with Crippen molar-refractivity contribution in [1.82, 2.24) is 15.1 Å². The van der Waals surface area contributed by atoms with Crippen molar-refractivity contribution in [3.8, 4) is 0 Å². The fourth-order valence-corrected chi connectivity index (χ4v) is 3.13. The summed E-state index contributed by atoms with van der Waals surface area (Å²) in [5.41, 5.74) is 2.42. The van der Waals surface area contributed by atoms with Crippen molar-refractivity contribution in [2.75, 3.05) is 23.7 Å². The van der Waals surface area contributed by atoms with E-state index in [1.807, 2.05) is 51.5 Å². The van der Waals surface area contributed by atoms with Crippen LogP contribution in [0.2, 0.25) is 0 Å². The molecule has 3 N–H and O–H groups in total. The van der Waals surface area contributed by atoms with Crippen LogP contribution in [0.15, 0.2) is 36.7 Å². The summed E-state index contributed by atoms with van der Waals surface area (Å²) in [7, 11) is 1.87. The van der Waals surface area contributed by atoms with E-state index in [-0.39, 0.29) is 29.6 Å². The number of aryl methyl sites for hydroxylation is 1. The Morgan fingerprint density at radius 3 is 2.62 bits per heavy atom. The van der Waals surface area contributed by atoms with Crippen LogP contribution in [0.1, 0.15) is 25.3 Å². The first-order valence-corrected chi connectivity index (χ1v) is 8.85. The Morgan fingerprint density at radius 2 is 1.96 bits per heavy atom. The second-order valence-corrected chi connectivity index (χ2v) is 7.03. The van der Waals surface area contributed by atoms with Gasteiger partial charge in [0.05, 0.1) is 12.1 Å². The molecule has 0 bridgehead atoms. The molecule has 1 aromatic carbocycles. The minimum absolute atomic E-state index is 0.0313. The lowest BCUT2D eigenvalue weighted by molar-refractivity contribution is -0.120. The fraction of sp³-hybridized carbons (Fsp3) is 0.421. The largest absolute Gasteiger partial charge is 0.326 e. The number of carbonyl (C=O) groups excluding carboxylic acids is 2. The normalized spacial score (nSPS) is 19.5. The lowest BCUT2D eigenvalue weighted by Gasteiger charge is -2.17. The molecule has 138 valence electrons. The molecular weight excluding hydrogens is 330 g/mol. The minimum Gasteiger partial charge on any atom is -0.326 e. The maximum atomic E-state index is 12.8. The number of nitrogens with zero attached hydrogens (tertiary/aromatic N) is 2. The van der Waals surface area contributed by atoms with Gasteiger partial charge in [-0.1, -0.05) is 19.9 Å². The Kier molecular flexibility index (Phi) is 5.37. The Bertz CT molecular complexity index is 799. The number of anilines is 2. The third-order valence-corrected chi connectivity index (χ3v) is 4.63. The summed E-state index contributed by atoms with van der Waals surface area (Å²) in [5, 5.41) is 13.3. The van der Waals surface area contributed by atoms with E-state index in [1.165, 1.54) is 0 Å². The maximum absolute atomic E-state index is 12.8. The van der Waals surface area contributed by atoms with Gasteiger partial charge in [0.25, 0.3) is 0 Å². The summed E-state index contributed by atoms with van der Waals surface area (Å²) in [6, 6.07) is 7.23. The molecule has 1 aliphatic heterocycles. The number of aromatic nitrogens is 2. The zero-order valence-corrected chi connectivity index (χ0v) is 15.3. The molecule has 1 saturated heterocycles. The van der Waals surface area contributed by atoms with Crippen molar-refractivity contribution in [3.05, 3.63) is 42.2 Å². The number of rotatable bonds is 5. The molecule has 2 aromatic rings. The van der Waals surface area contributed by atoms with E-state index in [0.717, 1.165) is 12.1 Å². The smallest absolute Gasteiger partial charge is 0.229 e. The van der Waals surface area contributed by atoms with Crippen LogP contribution < -0.4 is 16.0 Å². The van der Waals surface area contributed by atoms with Gasteiger partial charge in [-0.05, 0) is 23.8 Å². The van der Waals surface area contributed by atoms with Crippen LogP contribution in [-0.4, -0.2) is 34.7 Å². The van der Waals surface area contributed by atoms with E-state index in [4.69, 9.17) is 0 Å². The van der Waals surface area contributed by atoms with Crippen LogP contribution in [0, 0.1) is 11.8 Å². The van der Waals surface area contributed by atoms with Crippen LogP contribution in [0.3, 0.4) is 0 Å². The monoisotopic (exact) mass is 355 g/mol. The average Bonchev–Trinajstić information content (AvgIpc) is 3.23. The van der Waals surface area contributed by atoms with E-state index in [9.17, 15) is 9.59 Å². The van der Waals surface area contributed by atoms with Crippen molar-refractivity contribution in [3.63, 3.8) is 0 Å². The van der Waals surface area contributed by atoms with Crippen LogP contribution in [-0.2, 0) is 16.6 Å². The van der Waals surface area contributed by atoms with Crippen molar-refractivity contribution in [2.45, 2.75) is 19.8 Å². The molecule has 7 nitrogen and oxygen atoms in total. The Morgan fingerprint density at radius 1 is 1.23 bits per heavy atom. The zero-order chi connectivity index (χ0) is 18.7. The minimum atomic E-state index is -0.159. The van der Waals surface area contributed by atoms with Crippen molar-refractivity contribution >= 4 is 23.2 Å². The lowest BCUT2D eigenvalue weighted by atomic mass is 9.90. The first-order chi connectivity index (χ1) is 12.4. The summed E-state index contributed by atoms with van der Waals surface area (Å²) < 4.78 is 1.75. The molecule has 1 aromatic heterocycles. The first kappa shape index (κ1) is 18.1. The summed E-state index contributed by atoms with van der Waals surface area (Å²) >= 11 is 0. The Hall–Kier alpha value is -2.67. The molecule has 2 atom stereocenters. The topological polar surface area (TPSA) is 88.1 Å². The summed E-state index contributed by atoms with van der Waals surface area (Å²) in [6.07, 6.45) is 3.78. The van der Waals surface area contributed by atoms with E-state index < -0.39 is 0 Å². The van der Waals surface area contributed by atoms with Gasteiger partial charge in [0.15, 0.2) is 0 Å². The van der Waals surface area contributed by atoms with Gasteiger partial charge in [0, 0.05) is 49.5 Å². The second kappa shape index (κ2) is 7.70. The van der Waals surface area contributed by atoms with Gasteiger partial charge < -0.3 is 16.0 Å². The number of amides is 2. The standard InChI is InChI=1S/C19H25N5O2/c1-12(2)18(25)22-14-5-4-6-15(7-14)23-19(26)17-10-20-9-16(17)13-8-21-24(3)11-13/h4-8,11-12,16-17,20H,9-10H2,1-3H3,(H,22,25)(H,23,26)/t16-,17+/m1/s1. The molecule has 7 heteroatoms. The van der Waals surface area contributed by atoms with Crippen molar-refractivity contribution in [2.24, 2.45) is 18.9 Å². The van der Waals surface area contributed by atoms with Gasteiger partial charge in [-0.2, -0.15) is 5.10 Å². The third-order valence-electron chi connectivity index (χ3n) is 4.63. The fourth-order valence-electron chi connectivity index (χ4n) is 3.13. The van der Waals surface area contributed by atoms with Gasteiger partial charge in [0.2, 0.25) is 11.8 Å². The van der Waals surface area contributed by atoms with Crippen molar-refractivity contribution < 1.29 is 9.59 Å². The van der Waals surface area contributed by atoms with Gasteiger partial charge in [-0.15, -0.1) is 0 Å². The highest BCUT2D eigenvalue weighted by molar-refractivity contribution is 5.96. The number of hydrogen-bond acceptors (Lipinski definition) is 4. The lowest BCUT2D eigenvalue weighted by Crippen LogP contribution is -2.28. The molecule has 0 radical (unpaired) electrons. The first-order valence-electron chi connectivity index (χ1n) is 8.85. The van der Waals surface area contributed by atoms with E-state index in [0.29, 0.717) is 17.9 Å². The molecule has 0 unspecified atom stereocenters. The highest BCUT2D eigenvalue weighted by Crippen LogP contribution is 2.29. The summed E-state index contributed by atoms with van der Waals surface area (Å²) in [6.45, 7) is 5.07. The Labute approximate surface area is 153 Å². The molecule has 26 heavy (non-hydrogen) atoms. The summed E-state index contributed by atoms with van der Waals surface area (Å²) in [5.74, 6) is -0.236. The number of benzene rings is 1. The predicted octanol–water partition coefficient (Wildman–Crippen LogP) is 1.96. The second-order valence-electron chi connectivity index (χ2n) is 7.03. The van der Waals surface area contributed by atoms with E-state index in [2.05, 4.69) is 21.0 Å². The highest BCUT2D eigenvalue weighted by Gasteiger charge is 2.34.